The maximum Gasteiger partial charge on any atom is 0.251 e. The van der Waals surface area contributed by atoms with Crippen molar-refractivity contribution in [3.63, 3.8) is 0 Å². The molecular weight excluding hydrogens is 260 g/mol. The number of nitrogens with one attached hydrogen (secondary N) is 1. The number of hydrogen-bond donors (Lipinski definition) is 2. The summed E-state index contributed by atoms with van der Waals surface area (Å²) in [5.41, 5.74) is 6.55. The summed E-state index contributed by atoms with van der Waals surface area (Å²) in [5, 5.41) is 3.44. The van der Waals surface area contributed by atoms with Crippen LogP contribution in [0.2, 0.25) is 5.02 Å². The van der Waals surface area contributed by atoms with Gasteiger partial charge in [0.25, 0.3) is 5.91 Å². The first-order valence-corrected chi connectivity index (χ1v) is 6.79. The number of benzene rings is 1. The lowest BCUT2D eigenvalue weighted by Crippen LogP contribution is -2.33. The van der Waals surface area contributed by atoms with Crippen molar-refractivity contribution in [2.45, 2.75) is 32.7 Å². The van der Waals surface area contributed by atoms with Crippen molar-refractivity contribution >= 4 is 17.5 Å². The van der Waals surface area contributed by atoms with Gasteiger partial charge in [0.05, 0.1) is 11.6 Å². The number of halogens is 1. The highest BCUT2D eigenvalue weighted by molar-refractivity contribution is 6.32. The van der Waals surface area contributed by atoms with Crippen LogP contribution in [0.15, 0.2) is 18.2 Å². The second-order valence-electron chi connectivity index (χ2n) is 4.19. The second-order valence-corrected chi connectivity index (χ2v) is 4.59. The lowest BCUT2D eigenvalue weighted by molar-refractivity contribution is 0.0935. The van der Waals surface area contributed by atoms with Gasteiger partial charge in [-0.25, -0.2) is 0 Å². The molecule has 1 aromatic rings. The molecule has 0 spiro atoms. The van der Waals surface area contributed by atoms with E-state index in [2.05, 4.69) is 17.2 Å². The lowest BCUT2D eigenvalue weighted by atomic mass is 10.1. The Labute approximate surface area is 119 Å². The van der Waals surface area contributed by atoms with E-state index >= 15 is 0 Å². The first-order valence-electron chi connectivity index (χ1n) is 6.41. The van der Waals surface area contributed by atoms with Gasteiger partial charge in [-0.15, -0.1) is 0 Å². The molecule has 0 unspecified atom stereocenters. The number of hydrogen-bond acceptors (Lipinski definition) is 2. The van der Waals surface area contributed by atoms with Gasteiger partial charge in [-0.2, -0.15) is 0 Å². The zero-order valence-electron chi connectivity index (χ0n) is 11.3. The molecule has 0 fully saturated rings. The summed E-state index contributed by atoms with van der Waals surface area (Å²) >= 11 is 6.09. The molecule has 0 aliphatic heterocycles. The van der Waals surface area contributed by atoms with E-state index in [1.165, 1.54) is 0 Å². The molecule has 1 rings (SSSR count). The molecule has 102 valence electrons. The van der Waals surface area contributed by atoms with Gasteiger partial charge in [0, 0.05) is 17.2 Å². The molecule has 1 amide bonds. The average molecular weight is 279 g/mol. The highest BCUT2D eigenvalue weighted by Gasteiger charge is 2.11. The van der Waals surface area contributed by atoms with Crippen LogP contribution in [0.1, 0.15) is 42.6 Å². The molecule has 0 atom stereocenters. The SMILES string of the molecule is CCC(CC)NC(=O)c1ccc(C#CCN)c(Cl)c1. The Morgan fingerprint density at radius 3 is 2.63 bits per heavy atom. The van der Waals surface area contributed by atoms with Crippen LogP contribution in [0.4, 0.5) is 0 Å². The lowest BCUT2D eigenvalue weighted by Gasteiger charge is -2.14. The number of rotatable bonds is 4. The number of amides is 1. The molecule has 19 heavy (non-hydrogen) atoms. The third kappa shape index (κ3) is 4.59. The van der Waals surface area contributed by atoms with E-state index in [9.17, 15) is 4.79 Å². The Bertz CT molecular complexity index is 499. The van der Waals surface area contributed by atoms with Crippen LogP contribution in [0, 0.1) is 11.8 Å². The van der Waals surface area contributed by atoms with Gasteiger partial charge in [-0.05, 0) is 31.0 Å². The average Bonchev–Trinajstić information content (AvgIpc) is 2.43. The van der Waals surface area contributed by atoms with E-state index in [4.69, 9.17) is 17.3 Å². The molecule has 3 nitrogen and oxygen atoms in total. The van der Waals surface area contributed by atoms with E-state index in [0.717, 1.165) is 12.8 Å². The highest BCUT2D eigenvalue weighted by atomic mass is 35.5. The fourth-order valence-corrected chi connectivity index (χ4v) is 1.89. The van der Waals surface area contributed by atoms with Crippen molar-refractivity contribution in [3.8, 4) is 11.8 Å². The molecule has 0 saturated carbocycles. The maximum atomic E-state index is 12.0. The van der Waals surface area contributed by atoms with Crippen LogP contribution in [0.25, 0.3) is 0 Å². The first-order chi connectivity index (χ1) is 9.12. The smallest absolute Gasteiger partial charge is 0.251 e. The molecule has 0 radical (unpaired) electrons. The normalized spacial score (nSPS) is 9.95. The number of carbonyl (C=O) groups is 1. The predicted molar refractivity (Wildman–Crippen MR) is 79.2 cm³/mol. The van der Waals surface area contributed by atoms with Crippen LogP contribution in [0.5, 0.6) is 0 Å². The summed E-state index contributed by atoms with van der Waals surface area (Å²) in [4.78, 5) is 12.0. The largest absolute Gasteiger partial charge is 0.349 e. The minimum Gasteiger partial charge on any atom is -0.349 e. The summed E-state index contributed by atoms with van der Waals surface area (Å²) in [6.07, 6.45) is 1.83. The zero-order chi connectivity index (χ0) is 14.3. The Morgan fingerprint density at radius 2 is 2.11 bits per heavy atom. The monoisotopic (exact) mass is 278 g/mol. The van der Waals surface area contributed by atoms with Gasteiger partial charge < -0.3 is 11.1 Å². The Morgan fingerprint density at radius 1 is 1.42 bits per heavy atom. The van der Waals surface area contributed by atoms with E-state index in [1.807, 2.05) is 13.8 Å². The summed E-state index contributed by atoms with van der Waals surface area (Å²) < 4.78 is 0. The van der Waals surface area contributed by atoms with Crippen LogP contribution >= 0.6 is 11.6 Å². The number of carbonyl (C=O) groups excluding carboxylic acids is 1. The molecule has 0 aliphatic carbocycles. The van der Waals surface area contributed by atoms with E-state index in [1.54, 1.807) is 18.2 Å². The van der Waals surface area contributed by atoms with Crippen molar-refractivity contribution in [1.29, 1.82) is 0 Å². The molecule has 0 aliphatic rings. The maximum absolute atomic E-state index is 12.0. The predicted octanol–water partition coefficient (Wildman–Crippen LogP) is 2.57. The second kappa shape index (κ2) is 7.83. The van der Waals surface area contributed by atoms with Gasteiger partial charge >= 0.3 is 0 Å². The van der Waals surface area contributed by atoms with Gasteiger partial charge in [-0.1, -0.05) is 37.3 Å². The minimum absolute atomic E-state index is 0.103. The highest BCUT2D eigenvalue weighted by Crippen LogP contribution is 2.17. The fourth-order valence-electron chi connectivity index (χ4n) is 1.67. The van der Waals surface area contributed by atoms with Gasteiger partial charge in [0.15, 0.2) is 0 Å². The minimum atomic E-state index is -0.103. The van der Waals surface area contributed by atoms with Gasteiger partial charge in [-0.3, -0.25) is 4.79 Å². The standard InChI is InChI=1S/C15H19ClN2O/c1-3-13(4-2)18-15(19)12-8-7-11(6-5-9-17)14(16)10-12/h7-8,10,13H,3-4,9,17H2,1-2H3,(H,18,19). The molecule has 0 saturated heterocycles. The van der Waals surface area contributed by atoms with Crippen molar-refractivity contribution in [2.75, 3.05) is 6.54 Å². The summed E-state index contributed by atoms with van der Waals surface area (Å²) in [6, 6.07) is 5.31. The van der Waals surface area contributed by atoms with E-state index in [-0.39, 0.29) is 18.5 Å². The molecule has 1 aromatic carbocycles. The summed E-state index contributed by atoms with van der Waals surface area (Å²) in [6.45, 7) is 4.38. The third-order valence-electron chi connectivity index (χ3n) is 2.88. The molecule has 3 N–H and O–H groups in total. The molecule has 4 heteroatoms. The Balaban J connectivity index is 2.85. The van der Waals surface area contributed by atoms with Crippen molar-refractivity contribution in [3.05, 3.63) is 34.3 Å². The van der Waals surface area contributed by atoms with Crippen LogP contribution in [0.3, 0.4) is 0 Å². The zero-order valence-corrected chi connectivity index (χ0v) is 12.1. The van der Waals surface area contributed by atoms with E-state index in [0.29, 0.717) is 16.1 Å². The van der Waals surface area contributed by atoms with Crippen LogP contribution in [-0.4, -0.2) is 18.5 Å². The quantitative estimate of drug-likeness (QED) is 0.832. The summed E-state index contributed by atoms with van der Waals surface area (Å²) in [7, 11) is 0. The Hall–Kier alpha value is -1.50. The number of nitrogens with two attached hydrogens (primary N) is 1. The molecule has 0 bridgehead atoms. The Kier molecular flexibility index (Phi) is 6.41. The molecule has 0 heterocycles. The van der Waals surface area contributed by atoms with Gasteiger partial charge in [0.1, 0.15) is 0 Å². The van der Waals surface area contributed by atoms with Gasteiger partial charge in [0.2, 0.25) is 0 Å². The fraction of sp³-hybridized carbons (Fsp3) is 0.400. The van der Waals surface area contributed by atoms with Crippen LogP contribution in [-0.2, 0) is 0 Å². The van der Waals surface area contributed by atoms with E-state index < -0.39 is 0 Å². The topological polar surface area (TPSA) is 55.1 Å². The van der Waals surface area contributed by atoms with Crippen molar-refractivity contribution in [2.24, 2.45) is 5.73 Å². The van der Waals surface area contributed by atoms with Crippen LogP contribution < -0.4 is 11.1 Å². The summed E-state index contributed by atoms with van der Waals surface area (Å²) in [5.74, 6) is 5.50. The molecular formula is C15H19ClN2O. The van der Waals surface area contributed by atoms with Crippen molar-refractivity contribution in [1.82, 2.24) is 5.32 Å². The molecule has 0 aromatic heterocycles. The third-order valence-corrected chi connectivity index (χ3v) is 3.19. The first kappa shape index (κ1) is 15.6. The van der Waals surface area contributed by atoms with Crippen molar-refractivity contribution < 1.29 is 4.79 Å².